The van der Waals surface area contributed by atoms with Crippen LogP contribution in [0.4, 0.5) is 0 Å². The second kappa shape index (κ2) is 5.26. The molecule has 4 saturated heterocycles. The van der Waals surface area contributed by atoms with Crippen LogP contribution in [0.25, 0.3) is 0 Å². The van der Waals surface area contributed by atoms with Gasteiger partial charge in [0, 0.05) is 12.5 Å². The average molecular weight is 401 g/mol. The predicted molar refractivity (Wildman–Crippen MR) is 97.4 cm³/mol. The van der Waals surface area contributed by atoms with Gasteiger partial charge < -0.3 is 19.3 Å². The molecular formula is C18H15N3O4S2. The molecule has 7 nitrogen and oxygen atoms in total. The summed E-state index contributed by atoms with van der Waals surface area (Å²) in [5.74, 6) is 0.789. The highest BCUT2D eigenvalue weighted by molar-refractivity contribution is 8.78. The first kappa shape index (κ1) is 16.0. The number of nitriles is 1. The van der Waals surface area contributed by atoms with Gasteiger partial charge in [-0.05, 0) is 30.5 Å². The van der Waals surface area contributed by atoms with Crippen molar-refractivity contribution in [2.24, 2.45) is 5.92 Å². The van der Waals surface area contributed by atoms with Crippen LogP contribution in [-0.2, 0) is 9.59 Å². The third kappa shape index (κ3) is 1.95. The minimum Gasteiger partial charge on any atom is -0.454 e. The van der Waals surface area contributed by atoms with Gasteiger partial charge in [-0.3, -0.25) is 9.59 Å². The summed E-state index contributed by atoms with van der Waals surface area (Å²) in [6, 6.07) is 7.62. The van der Waals surface area contributed by atoms with E-state index in [1.54, 1.807) is 9.80 Å². The zero-order valence-corrected chi connectivity index (χ0v) is 15.8. The van der Waals surface area contributed by atoms with E-state index in [2.05, 4.69) is 6.07 Å². The van der Waals surface area contributed by atoms with Crippen LogP contribution in [0.3, 0.4) is 0 Å². The normalized spacial score (nSPS) is 36.2. The van der Waals surface area contributed by atoms with Crippen molar-refractivity contribution in [1.82, 2.24) is 9.80 Å². The number of nitrogens with zero attached hydrogens (tertiary/aromatic N) is 3. The Morgan fingerprint density at radius 2 is 2.04 bits per heavy atom. The summed E-state index contributed by atoms with van der Waals surface area (Å²) in [5, 5.41) is 9.36. The van der Waals surface area contributed by atoms with Gasteiger partial charge in [-0.1, -0.05) is 27.7 Å². The number of ether oxygens (including phenoxy) is 2. The number of carbonyl (C=O) groups excluding carboxylic acids is 2. The molecule has 2 unspecified atom stereocenters. The van der Waals surface area contributed by atoms with Gasteiger partial charge >= 0.3 is 0 Å². The van der Waals surface area contributed by atoms with Crippen molar-refractivity contribution in [2.75, 3.05) is 6.79 Å². The first-order valence-corrected chi connectivity index (χ1v) is 11.1. The summed E-state index contributed by atoms with van der Waals surface area (Å²) in [5.41, 5.74) is 0.819. The average Bonchev–Trinajstić information content (AvgIpc) is 3.29. The smallest absolute Gasteiger partial charge is 0.261 e. The maximum absolute atomic E-state index is 13.4. The molecule has 4 atom stereocenters. The first-order chi connectivity index (χ1) is 13.1. The van der Waals surface area contributed by atoms with Crippen molar-refractivity contribution in [3.8, 4) is 17.6 Å². The van der Waals surface area contributed by atoms with Crippen LogP contribution in [0.1, 0.15) is 30.9 Å². The molecule has 2 amide bonds. The lowest BCUT2D eigenvalue weighted by Crippen LogP contribution is -2.70. The molecule has 6 aliphatic rings. The van der Waals surface area contributed by atoms with Crippen molar-refractivity contribution in [3.05, 3.63) is 23.8 Å². The molecule has 1 aliphatic carbocycles. The molecule has 27 heavy (non-hydrogen) atoms. The standard InChI is InChI=1S/C18H15N3O4S2/c19-7-10-6-18-17(23)20(11-2-3-11)16(26-27-18)15(22)21(18)14(10)9-1-4-12-13(5-9)25-8-24-12/h1,4-5,10-11,14,16H,2-3,6,8H2/t10?,14-,16-,18?/m0/s1. The van der Waals surface area contributed by atoms with Gasteiger partial charge in [0.2, 0.25) is 6.79 Å². The number of hydrogen-bond acceptors (Lipinski definition) is 7. The molecule has 5 fully saturated rings. The number of amides is 2. The van der Waals surface area contributed by atoms with E-state index >= 15 is 0 Å². The summed E-state index contributed by atoms with van der Waals surface area (Å²) in [4.78, 5) is 29.3. The van der Waals surface area contributed by atoms with Crippen molar-refractivity contribution in [3.63, 3.8) is 0 Å². The largest absolute Gasteiger partial charge is 0.454 e. The molecule has 138 valence electrons. The van der Waals surface area contributed by atoms with Crippen LogP contribution in [0.15, 0.2) is 18.2 Å². The van der Waals surface area contributed by atoms with Gasteiger partial charge in [-0.2, -0.15) is 5.26 Å². The summed E-state index contributed by atoms with van der Waals surface area (Å²) < 4.78 is 10.8. The van der Waals surface area contributed by atoms with Gasteiger partial charge in [0.15, 0.2) is 21.7 Å². The number of piperazine rings is 1. The van der Waals surface area contributed by atoms with Crippen LogP contribution in [0.5, 0.6) is 11.5 Å². The monoisotopic (exact) mass is 401 g/mol. The molecule has 9 heteroatoms. The fraction of sp³-hybridized carbons (Fsp3) is 0.500. The zero-order chi connectivity index (χ0) is 18.3. The molecule has 0 aromatic heterocycles. The molecule has 0 radical (unpaired) electrons. The third-order valence-electron chi connectivity index (χ3n) is 5.94. The Labute approximate surface area is 163 Å². The highest BCUT2D eigenvalue weighted by Gasteiger charge is 2.70. The molecule has 1 aromatic rings. The van der Waals surface area contributed by atoms with Crippen LogP contribution >= 0.6 is 21.6 Å². The minimum atomic E-state index is -0.972. The van der Waals surface area contributed by atoms with E-state index < -0.39 is 22.2 Å². The number of carbonyl (C=O) groups is 2. The van der Waals surface area contributed by atoms with Crippen LogP contribution < -0.4 is 9.47 Å². The second-order valence-corrected chi connectivity index (χ2v) is 10.0. The van der Waals surface area contributed by atoms with Gasteiger partial charge in [-0.25, -0.2) is 0 Å². The molecule has 5 heterocycles. The molecule has 1 aromatic carbocycles. The quantitative estimate of drug-likeness (QED) is 0.703. The lowest BCUT2D eigenvalue weighted by Gasteiger charge is -2.54. The van der Waals surface area contributed by atoms with Crippen LogP contribution in [-0.4, -0.2) is 44.7 Å². The number of hydrogen-bond donors (Lipinski definition) is 0. The SMILES string of the molecule is N#CC1CC23SS[C@@H](C(=O)N2[C@H]1c1ccc2c(c1)OCO2)N(C1CC1)C3=O. The number of benzene rings is 1. The Balaban J connectivity index is 1.46. The molecule has 1 saturated carbocycles. The Kier molecular flexibility index (Phi) is 3.11. The first-order valence-electron chi connectivity index (χ1n) is 8.94. The van der Waals surface area contributed by atoms with Crippen molar-refractivity contribution in [2.45, 2.75) is 41.6 Å². The van der Waals surface area contributed by atoms with E-state index in [1.807, 2.05) is 18.2 Å². The second-order valence-electron chi connectivity index (χ2n) is 7.47. The van der Waals surface area contributed by atoms with Gasteiger partial charge in [0.05, 0.1) is 18.0 Å². The molecular weight excluding hydrogens is 386 g/mol. The summed E-state index contributed by atoms with van der Waals surface area (Å²) in [6.45, 7) is 0.168. The van der Waals surface area contributed by atoms with Crippen molar-refractivity contribution >= 4 is 33.4 Å². The van der Waals surface area contributed by atoms with Gasteiger partial charge in [0.1, 0.15) is 0 Å². The van der Waals surface area contributed by atoms with Crippen LogP contribution in [0, 0.1) is 17.2 Å². The third-order valence-corrected chi connectivity index (χ3v) is 9.12. The van der Waals surface area contributed by atoms with E-state index in [0.717, 1.165) is 18.4 Å². The Bertz CT molecular complexity index is 930. The fourth-order valence-corrected chi connectivity index (χ4v) is 8.04. The molecule has 0 N–H and O–H groups in total. The molecule has 2 bridgehead atoms. The maximum Gasteiger partial charge on any atom is 0.261 e. The lowest BCUT2D eigenvalue weighted by molar-refractivity contribution is -0.160. The summed E-state index contributed by atoms with van der Waals surface area (Å²) in [7, 11) is 2.93. The number of rotatable bonds is 2. The lowest BCUT2D eigenvalue weighted by atomic mass is 9.94. The fourth-order valence-electron chi connectivity index (χ4n) is 4.59. The molecule has 1 spiro atoms. The highest BCUT2D eigenvalue weighted by atomic mass is 33.1. The molecule has 7 rings (SSSR count). The van der Waals surface area contributed by atoms with Crippen molar-refractivity contribution < 1.29 is 19.1 Å². The highest BCUT2D eigenvalue weighted by Crippen LogP contribution is 2.64. The topological polar surface area (TPSA) is 82.9 Å². The number of fused-ring (bicyclic) bond motifs is 3. The van der Waals surface area contributed by atoms with Crippen LogP contribution in [0.2, 0.25) is 0 Å². The summed E-state index contributed by atoms with van der Waals surface area (Å²) in [6.07, 6.45) is 2.29. The Morgan fingerprint density at radius 3 is 2.81 bits per heavy atom. The Hall–Kier alpha value is -2.05. The summed E-state index contributed by atoms with van der Waals surface area (Å²) >= 11 is 0. The van der Waals surface area contributed by atoms with Crippen molar-refractivity contribution in [1.29, 1.82) is 5.26 Å². The van der Waals surface area contributed by atoms with E-state index in [4.69, 9.17) is 9.47 Å². The minimum absolute atomic E-state index is 0.00171. The van der Waals surface area contributed by atoms with E-state index in [1.165, 1.54) is 21.6 Å². The van der Waals surface area contributed by atoms with Gasteiger partial charge in [0.25, 0.3) is 11.8 Å². The zero-order valence-electron chi connectivity index (χ0n) is 14.2. The van der Waals surface area contributed by atoms with E-state index in [-0.39, 0.29) is 24.6 Å². The predicted octanol–water partition coefficient (Wildman–Crippen LogP) is 2.25. The molecule has 5 aliphatic heterocycles. The van der Waals surface area contributed by atoms with E-state index in [9.17, 15) is 14.9 Å². The maximum atomic E-state index is 13.4. The van der Waals surface area contributed by atoms with Gasteiger partial charge in [-0.15, -0.1) is 0 Å². The van der Waals surface area contributed by atoms with E-state index in [0.29, 0.717) is 17.9 Å². The Morgan fingerprint density at radius 1 is 1.22 bits per heavy atom.